The molecule has 4 heteroatoms. The van der Waals surface area contributed by atoms with Crippen LogP contribution in [0.25, 0.3) is 0 Å². The molecular weight excluding hydrogens is 242 g/mol. The Morgan fingerprint density at radius 3 is 2.50 bits per heavy atom. The summed E-state index contributed by atoms with van der Waals surface area (Å²) in [7, 11) is -1.65. The molecule has 0 spiro atoms. The molecular formula is C14H27NO2Si. The summed E-state index contributed by atoms with van der Waals surface area (Å²) >= 11 is 0. The molecule has 0 saturated carbocycles. The predicted molar refractivity (Wildman–Crippen MR) is 78.0 cm³/mol. The average Bonchev–Trinajstić information content (AvgIpc) is 2.60. The number of hydrogen-bond donors (Lipinski definition) is 1. The number of rotatable bonds is 4. The van der Waals surface area contributed by atoms with E-state index in [1.807, 2.05) is 0 Å². The minimum absolute atomic E-state index is 0.0376. The van der Waals surface area contributed by atoms with Crippen molar-refractivity contribution in [1.29, 1.82) is 0 Å². The molecule has 0 radical (unpaired) electrons. The maximum absolute atomic E-state index is 11.0. The van der Waals surface area contributed by atoms with Crippen LogP contribution in [0.15, 0.2) is 12.2 Å². The Balaban J connectivity index is 2.39. The van der Waals surface area contributed by atoms with E-state index in [0.717, 1.165) is 13.0 Å². The summed E-state index contributed by atoms with van der Waals surface area (Å²) in [6, 6.07) is 0.190. The summed E-state index contributed by atoms with van der Waals surface area (Å²) in [6.07, 6.45) is 5.23. The van der Waals surface area contributed by atoms with Crippen LogP contribution in [0.2, 0.25) is 18.1 Å². The van der Waals surface area contributed by atoms with Crippen molar-refractivity contribution in [2.75, 3.05) is 6.61 Å². The molecule has 1 rings (SSSR count). The van der Waals surface area contributed by atoms with Gasteiger partial charge in [0.15, 0.2) is 8.32 Å². The molecule has 0 saturated heterocycles. The summed E-state index contributed by atoms with van der Waals surface area (Å²) < 4.78 is 6.21. The van der Waals surface area contributed by atoms with Crippen molar-refractivity contribution in [2.45, 2.75) is 58.3 Å². The minimum atomic E-state index is -1.65. The monoisotopic (exact) mass is 269 g/mol. The first-order valence-electron chi connectivity index (χ1n) is 6.71. The van der Waals surface area contributed by atoms with E-state index >= 15 is 0 Å². The fraction of sp³-hybridized carbons (Fsp3) is 0.786. The zero-order valence-corrected chi connectivity index (χ0v) is 13.5. The van der Waals surface area contributed by atoms with Crippen LogP contribution >= 0.6 is 0 Å². The van der Waals surface area contributed by atoms with E-state index in [0.29, 0.717) is 5.92 Å². The molecule has 0 aromatic carbocycles. The van der Waals surface area contributed by atoms with Gasteiger partial charge in [-0.3, -0.25) is 4.79 Å². The van der Waals surface area contributed by atoms with Gasteiger partial charge in [-0.1, -0.05) is 32.9 Å². The lowest BCUT2D eigenvalue weighted by molar-refractivity contribution is -0.119. The fourth-order valence-corrected chi connectivity index (χ4v) is 2.86. The highest BCUT2D eigenvalue weighted by atomic mass is 28.4. The van der Waals surface area contributed by atoms with Crippen LogP contribution < -0.4 is 5.32 Å². The van der Waals surface area contributed by atoms with E-state index in [2.05, 4.69) is 51.3 Å². The second-order valence-electron chi connectivity index (χ2n) is 6.76. The Labute approximate surface area is 112 Å². The lowest BCUT2D eigenvalue weighted by Crippen LogP contribution is -2.42. The number of hydrogen-bond acceptors (Lipinski definition) is 2. The van der Waals surface area contributed by atoms with Gasteiger partial charge in [0.2, 0.25) is 5.91 Å². The van der Waals surface area contributed by atoms with Crippen molar-refractivity contribution in [3.05, 3.63) is 12.2 Å². The summed E-state index contributed by atoms with van der Waals surface area (Å²) in [5.74, 6) is 0.478. The summed E-state index contributed by atoms with van der Waals surface area (Å²) in [5.41, 5.74) is 0. The highest BCUT2D eigenvalue weighted by Gasteiger charge is 2.37. The zero-order chi connectivity index (χ0) is 14.0. The molecule has 0 aromatic heterocycles. The van der Waals surface area contributed by atoms with Crippen LogP contribution in [0.4, 0.5) is 0 Å². The highest BCUT2D eigenvalue weighted by Crippen LogP contribution is 2.37. The van der Waals surface area contributed by atoms with Crippen molar-refractivity contribution in [3.8, 4) is 0 Å². The molecule has 1 aliphatic carbocycles. The summed E-state index contributed by atoms with van der Waals surface area (Å²) in [6.45, 7) is 13.7. The molecule has 3 nitrogen and oxygen atoms in total. The molecule has 0 unspecified atom stereocenters. The quantitative estimate of drug-likeness (QED) is 0.629. The van der Waals surface area contributed by atoms with Gasteiger partial charge in [-0.25, -0.2) is 0 Å². The third-order valence-corrected chi connectivity index (χ3v) is 8.53. The van der Waals surface area contributed by atoms with Gasteiger partial charge in [-0.2, -0.15) is 0 Å². The van der Waals surface area contributed by atoms with Crippen LogP contribution in [0.5, 0.6) is 0 Å². The third-order valence-electron chi connectivity index (χ3n) is 4.03. The molecule has 104 valence electrons. The maximum atomic E-state index is 11.0. The number of carbonyl (C=O) groups excluding carboxylic acids is 1. The van der Waals surface area contributed by atoms with Gasteiger partial charge < -0.3 is 9.74 Å². The van der Waals surface area contributed by atoms with E-state index < -0.39 is 8.32 Å². The van der Waals surface area contributed by atoms with Crippen LogP contribution in [0.1, 0.15) is 34.1 Å². The summed E-state index contributed by atoms with van der Waals surface area (Å²) in [5, 5.41) is 3.19. The molecule has 1 N–H and O–H groups in total. The largest absolute Gasteiger partial charge is 0.416 e. The normalized spacial score (nSPS) is 24.3. The van der Waals surface area contributed by atoms with E-state index in [9.17, 15) is 4.79 Å². The Kier molecular flexibility index (Phi) is 4.78. The molecule has 18 heavy (non-hydrogen) atoms. The molecule has 0 aliphatic heterocycles. The summed E-state index contributed by atoms with van der Waals surface area (Å²) in [4.78, 5) is 11.0. The fourth-order valence-electron chi connectivity index (χ4n) is 1.80. The predicted octanol–water partition coefficient (Wildman–Crippen LogP) is 3.09. The Morgan fingerprint density at radius 2 is 2.00 bits per heavy atom. The maximum Gasteiger partial charge on any atom is 0.217 e. The van der Waals surface area contributed by atoms with Crippen LogP contribution in [0.3, 0.4) is 0 Å². The smallest absolute Gasteiger partial charge is 0.217 e. The Hall–Kier alpha value is -0.613. The zero-order valence-electron chi connectivity index (χ0n) is 12.5. The first kappa shape index (κ1) is 15.4. The molecule has 0 bridgehead atoms. The lowest BCUT2D eigenvalue weighted by atomic mass is 10.1. The minimum Gasteiger partial charge on any atom is -0.416 e. The van der Waals surface area contributed by atoms with E-state index in [4.69, 9.17) is 4.43 Å². The van der Waals surface area contributed by atoms with Crippen LogP contribution in [0, 0.1) is 5.92 Å². The van der Waals surface area contributed by atoms with Crippen molar-refractivity contribution in [1.82, 2.24) is 5.32 Å². The highest BCUT2D eigenvalue weighted by molar-refractivity contribution is 6.74. The number of carbonyl (C=O) groups is 1. The number of amides is 1. The molecule has 1 aliphatic rings. The standard InChI is InChI=1S/C14H27NO2Si/c1-11(16)15-13-8-7-12(9-13)10-17-18(5,6)14(2,3)4/h7-8,12-13H,9-10H2,1-6H3,(H,15,16)/t12-,13+/m1/s1. The third kappa shape index (κ3) is 4.25. The van der Waals surface area contributed by atoms with Gasteiger partial charge in [0.05, 0.1) is 0 Å². The topological polar surface area (TPSA) is 38.3 Å². The van der Waals surface area contributed by atoms with E-state index in [1.54, 1.807) is 6.92 Å². The van der Waals surface area contributed by atoms with Crippen molar-refractivity contribution >= 4 is 14.2 Å². The number of nitrogens with one attached hydrogen (secondary N) is 1. The van der Waals surface area contributed by atoms with Gasteiger partial charge in [0.25, 0.3) is 0 Å². The SMILES string of the molecule is CC(=O)N[C@H]1C=C[C@@H](CO[Si](C)(C)C(C)(C)C)C1. The van der Waals surface area contributed by atoms with Gasteiger partial charge in [0, 0.05) is 25.5 Å². The van der Waals surface area contributed by atoms with Crippen molar-refractivity contribution < 1.29 is 9.22 Å². The van der Waals surface area contributed by atoms with Gasteiger partial charge in [-0.15, -0.1) is 0 Å². The average molecular weight is 269 g/mol. The molecule has 0 fully saturated rings. The van der Waals surface area contributed by atoms with E-state index in [1.165, 1.54) is 0 Å². The van der Waals surface area contributed by atoms with Crippen LogP contribution in [-0.4, -0.2) is 26.9 Å². The second kappa shape index (κ2) is 5.57. The van der Waals surface area contributed by atoms with E-state index in [-0.39, 0.29) is 17.0 Å². The molecule has 1 amide bonds. The van der Waals surface area contributed by atoms with Crippen molar-refractivity contribution in [3.63, 3.8) is 0 Å². The Morgan fingerprint density at radius 1 is 1.39 bits per heavy atom. The second-order valence-corrected chi connectivity index (χ2v) is 11.6. The van der Waals surface area contributed by atoms with Gasteiger partial charge in [-0.05, 0) is 24.6 Å². The van der Waals surface area contributed by atoms with Crippen molar-refractivity contribution in [2.24, 2.45) is 5.92 Å². The first-order valence-corrected chi connectivity index (χ1v) is 9.62. The van der Waals surface area contributed by atoms with Crippen LogP contribution in [-0.2, 0) is 9.22 Å². The van der Waals surface area contributed by atoms with Gasteiger partial charge in [0.1, 0.15) is 0 Å². The van der Waals surface area contributed by atoms with Gasteiger partial charge >= 0.3 is 0 Å². The lowest BCUT2D eigenvalue weighted by Gasteiger charge is -2.36. The Bertz CT molecular complexity index is 331. The molecule has 0 heterocycles. The molecule has 0 aromatic rings. The molecule has 2 atom stereocenters. The first-order chi connectivity index (χ1) is 8.12.